The average Bonchev–Trinajstić information content (AvgIpc) is 3.42. The highest BCUT2D eigenvalue weighted by atomic mass is 35.5. The number of anilines is 1. The van der Waals surface area contributed by atoms with Gasteiger partial charge in [0.05, 0.1) is 15.6 Å². The van der Waals surface area contributed by atoms with Crippen molar-refractivity contribution in [3.05, 3.63) is 67.5 Å². The summed E-state index contributed by atoms with van der Waals surface area (Å²) in [6.07, 6.45) is 3.48. The number of rotatable bonds is 7. The number of halogens is 1. The van der Waals surface area contributed by atoms with Crippen molar-refractivity contribution in [2.45, 2.75) is 38.8 Å². The number of aryl methyl sites for hydroxylation is 2. The first kappa shape index (κ1) is 21.3. The van der Waals surface area contributed by atoms with Crippen LogP contribution in [0.3, 0.4) is 0 Å². The first-order chi connectivity index (χ1) is 15.0. The van der Waals surface area contributed by atoms with Gasteiger partial charge in [-0.15, -0.1) is 11.3 Å². The molecule has 1 aromatic carbocycles. The minimum Gasteiger partial charge on any atom is -0.352 e. The maximum Gasteiger partial charge on any atom is 0.345 e. The molecule has 2 aromatic heterocycles. The summed E-state index contributed by atoms with van der Waals surface area (Å²) in [5, 5.41) is 12.1. The second-order valence-corrected chi connectivity index (χ2v) is 8.62. The first-order valence-electron chi connectivity index (χ1n) is 10.1. The normalized spacial score (nSPS) is 12.9. The SMILES string of the molecule is O=C(NCCCn1nc2n(c1=O)CCCC2)c1ccc(Cl)c(NC(=O)c2cccs2)c1. The van der Waals surface area contributed by atoms with Gasteiger partial charge in [0.1, 0.15) is 5.82 Å². The summed E-state index contributed by atoms with van der Waals surface area (Å²) in [6, 6.07) is 8.24. The number of carbonyl (C=O) groups is 2. The first-order valence-corrected chi connectivity index (χ1v) is 11.4. The predicted molar refractivity (Wildman–Crippen MR) is 120 cm³/mol. The van der Waals surface area contributed by atoms with Gasteiger partial charge in [-0.1, -0.05) is 17.7 Å². The number of benzene rings is 1. The van der Waals surface area contributed by atoms with Gasteiger partial charge in [-0.25, -0.2) is 9.48 Å². The van der Waals surface area contributed by atoms with Crippen LogP contribution in [0.15, 0.2) is 40.5 Å². The van der Waals surface area contributed by atoms with Crippen molar-refractivity contribution in [2.24, 2.45) is 0 Å². The van der Waals surface area contributed by atoms with E-state index in [4.69, 9.17) is 11.6 Å². The number of aromatic nitrogens is 3. The van der Waals surface area contributed by atoms with Crippen LogP contribution in [0.2, 0.25) is 5.02 Å². The van der Waals surface area contributed by atoms with Crippen molar-refractivity contribution in [3.8, 4) is 0 Å². The van der Waals surface area contributed by atoms with E-state index in [0.717, 1.165) is 31.6 Å². The largest absolute Gasteiger partial charge is 0.352 e. The number of nitrogens with zero attached hydrogens (tertiary/aromatic N) is 3. The van der Waals surface area contributed by atoms with Crippen LogP contribution in [0.1, 0.15) is 45.1 Å². The minimum absolute atomic E-state index is 0.0788. The lowest BCUT2D eigenvalue weighted by molar-refractivity contribution is 0.0951. The van der Waals surface area contributed by atoms with E-state index >= 15 is 0 Å². The smallest absolute Gasteiger partial charge is 0.345 e. The zero-order valence-corrected chi connectivity index (χ0v) is 18.3. The molecule has 10 heteroatoms. The fourth-order valence-corrected chi connectivity index (χ4v) is 4.26. The fourth-order valence-electron chi connectivity index (χ4n) is 3.48. The lowest BCUT2D eigenvalue weighted by Gasteiger charge is -2.10. The number of hydrogen-bond acceptors (Lipinski definition) is 5. The third-order valence-electron chi connectivity index (χ3n) is 5.09. The van der Waals surface area contributed by atoms with Crippen molar-refractivity contribution in [2.75, 3.05) is 11.9 Å². The Morgan fingerprint density at radius 3 is 2.84 bits per heavy atom. The van der Waals surface area contributed by atoms with Crippen LogP contribution in [-0.4, -0.2) is 32.7 Å². The minimum atomic E-state index is -0.278. The monoisotopic (exact) mass is 459 g/mol. The van der Waals surface area contributed by atoms with Gasteiger partial charge in [-0.3, -0.25) is 14.2 Å². The highest BCUT2D eigenvalue weighted by Crippen LogP contribution is 2.24. The van der Waals surface area contributed by atoms with Gasteiger partial charge in [-0.05, 0) is 48.9 Å². The van der Waals surface area contributed by atoms with E-state index in [-0.39, 0.29) is 17.5 Å². The number of thiophene rings is 1. The summed E-state index contributed by atoms with van der Waals surface area (Å²) in [6.45, 7) is 1.57. The Hall–Kier alpha value is -2.91. The number of hydrogen-bond donors (Lipinski definition) is 2. The molecule has 0 fully saturated rings. The molecule has 2 amide bonds. The van der Waals surface area contributed by atoms with Crippen LogP contribution >= 0.6 is 22.9 Å². The van der Waals surface area contributed by atoms with Crippen molar-refractivity contribution >= 4 is 40.4 Å². The molecule has 2 N–H and O–H groups in total. The summed E-state index contributed by atoms with van der Waals surface area (Å²) in [5.41, 5.74) is 0.688. The van der Waals surface area contributed by atoms with Crippen molar-refractivity contribution in [3.63, 3.8) is 0 Å². The lowest BCUT2D eigenvalue weighted by atomic mass is 10.2. The Labute approximate surface area is 187 Å². The predicted octanol–water partition coefficient (Wildman–Crippen LogP) is 3.17. The molecule has 31 heavy (non-hydrogen) atoms. The molecule has 0 saturated heterocycles. The summed E-state index contributed by atoms with van der Waals surface area (Å²) in [7, 11) is 0. The molecule has 4 rings (SSSR count). The molecular formula is C21H22ClN5O3S. The zero-order chi connectivity index (χ0) is 21.8. The maximum absolute atomic E-state index is 12.5. The molecule has 3 heterocycles. The van der Waals surface area contributed by atoms with Crippen molar-refractivity contribution in [1.29, 1.82) is 0 Å². The van der Waals surface area contributed by atoms with Crippen LogP contribution in [0.25, 0.3) is 0 Å². The van der Waals surface area contributed by atoms with Gasteiger partial charge in [0.2, 0.25) is 0 Å². The topological polar surface area (TPSA) is 98.0 Å². The van der Waals surface area contributed by atoms with Crippen LogP contribution < -0.4 is 16.3 Å². The molecule has 0 aliphatic carbocycles. The number of amides is 2. The quantitative estimate of drug-likeness (QED) is 0.530. The van der Waals surface area contributed by atoms with Crippen LogP contribution in [-0.2, 0) is 19.5 Å². The Bertz CT molecular complexity index is 1150. The summed E-state index contributed by atoms with van der Waals surface area (Å²) in [4.78, 5) is 37.7. The Balaban J connectivity index is 1.32. The second kappa shape index (κ2) is 9.49. The number of carbonyl (C=O) groups excluding carboxylic acids is 2. The van der Waals surface area contributed by atoms with Crippen LogP contribution in [0, 0.1) is 0 Å². The van der Waals surface area contributed by atoms with Gasteiger partial charge in [0.15, 0.2) is 0 Å². The highest BCUT2D eigenvalue weighted by molar-refractivity contribution is 7.12. The number of fused-ring (bicyclic) bond motifs is 1. The molecule has 0 saturated carbocycles. The van der Waals surface area contributed by atoms with E-state index in [1.54, 1.807) is 34.9 Å². The third kappa shape index (κ3) is 4.88. The standard InChI is InChI=1S/C21H22ClN5O3S/c22-15-8-7-14(13-16(15)24-20(29)17-5-3-12-31-17)19(28)23-9-4-11-27-21(30)26-10-2-1-6-18(26)25-27/h3,5,7-8,12-13H,1-2,4,6,9-11H2,(H,23,28)(H,24,29). The molecule has 1 aliphatic heterocycles. The third-order valence-corrected chi connectivity index (χ3v) is 6.28. The molecule has 8 nitrogen and oxygen atoms in total. The molecule has 3 aromatic rings. The van der Waals surface area contributed by atoms with Crippen molar-refractivity contribution < 1.29 is 9.59 Å². The lowest BCUT2D eigenvalue weighted by Crippen LogP contribution is -2.29. The second-order valence-electron chi connectivity index (χ2n) is 7.27. The van der Waals surface area contributed by atoms with E-state index in [1.807, 2.05) is 5.38 Å². The molecule has 0 radical (unpaired) electrons. The summed E-state index contributed by atoms with van der Waals surface area (Å²) < 4.78 is 3.22. The summed E-state index contributed by atoms with van der Waals surface area (Å²) >= 11 is 7.50. The number of nitrogens with one attached hydrogen (secondary N) is 2. The molecule has 0 bridgehead atoms. The Kier molecular flexibility index (Phi) is 6.53. The van der Waals surface area contributed by atoms with E-state index in [2.05, 4.69) is 15.7 Å². The van der Waals surface area contributed by atoms with E-state index in [1.165, 1.54) is 16.0 Å². The summed E-state index contributed by atoms with van der Waals surface area (Å²) in [5.74, 6) is 0.293. The van der Waals surface area contributed by atoms with E-state index in [0.29, 0.717) is 40.7 Å². The van der Waals surface area contributed by atoms with Crippen molar-refractivity contribution in [1.82, 2.24) is 19.7 Å². The zero-order valence-electron chi connectivity index (χ0n) is 16.8. The van der Waals surface area contributed by atoms with Gasteiger partial charge >= 0.3 is 5.69 Å². The molecule has 0 spiro atoms. The van der Waals surface area contributed by atoms with E-state index < -0.39 is 0 Å². The van der Waals surface area contributed by atoms with E-state index in [9.17, 15) is 14.4 Å². The van der Waals surface area contributed by atoms with Gasteiger partial charge in [0.25, 0.3) is 11.8 Å². The molecular weight excluding hydrogens is 438 g/mol. The molecule has 0 atom stereocenters. The Morgan fingerprint density at radius 2 is 2.06 bits per heavy atom. The van der Waals surface area contributed by atoms with Gasteiger partial charge < -0.3 is 10.6 Å². The molecule has 162 valence electrons. The van der Waals surface area contributed by atoms with Crippen LogP contribution in [0.4, 0.5) is 5.69 Å². The molecule has 0 unspecified atom stereocenters. The van der Waals surface area contributed by atoms with Gasteiger partial charge in [-0.2, -0.15) is 5.10 Å². The highest BCUT2D eigenvalue weighted by Gasteiger charge is 2.16. The molecule has 1 aliphatic rings. The van der Waals surface area contributed by atoms with Gasteiger partial charge in [0, 0.05) is 31.6 Å². The Morgan fingerprint density at radius 1 is 1.19 bits per heavy atom. The fraction of sp³-hybridized carbons (Fsp3) is 0.333. The average molecular weight is 460 g/mol. The maximum atomic E-state index is 12.5. The van der Waals surface area contributed by atoms with Crippen LogP contribution in [0.5, 0.6) is 0 Å².